The summed E-state index contributed by atoms with van der Waals surface area (Å²) in [6.45, 7) is 5.84. The molecule has 1 N–H and O–H groups in total. The highest BCUT2D eigenvalue weighted by Gasteiger charge is 2.20. The fourth-order valence-electron chi connectivity index (χ4n) is 2.29. The standard InChI is InChI=1S/C17H22N2OS/c1-12-3-6-16(13(2)9-12)20-8-7-17-19-11-15(21-17)10-18-14-4-5-14/h3,6,9,11,14,18H,4-5,7-8,10H2,1-2H3. The first kappa shape index (κ1) is 14.5. The van der Waals surface area contributed by atoms with E-state index in [0.29, 0.717) is 6.61 Å². The van der Waals surface area contributed by atoms with Crippen LogP contribution in [0.5, 0.6) is 5.75 Å². The number of aryl methyl sites for hydroxylation is 2. The number of ether oxygens (including phenoxy) is 1. The van der Waals surface area contributed by atoms with Crippen molar-refractivity contribution in [2.24, 2.45) is 0 Å². The fourth-order valence-corrected chi connectivity index (χ4v) is 3.14. The minimum absolute atomic E-state index is 0.687. The molecule has 3 rings (SSSR count). The number of nitrogens with zero attached hydrogens (tertiary/aromatic N) is 1. The molecule has 0 amide bonds. The van der Waals surface area contributed by atoms with E-state index in [9.17, 15) is 0 Å². The normalized spacial score (nSPS) is 14.4. The quantitative estimate of drug-likeness (QED) is 0.848. The summed E-state index contributed by atoms with van der Waals surface area (Å²) in [7, 11) is 0. The maximum absolute atomic E-state index is 5.86. The number of nitrogens with one attached hydrogen (secondary N) is 1. The average molecular weight is 302 g/mol. The Hall–Kier alpha value is -1.39. The third-order valence-electron chi connectivity index (χ3n) is 3.65. The van der Waals surface area contributed by atoms with Gasteiger partial charge in [-0.2, -0.15) is 0 Å². The number of thiazole rings is 1. The van der Waals surface area contributed by atoms with Gasteiger partial charge in [0.1, 0.15) is 5.75 Å². The monoisotopic (exact) mass is 302 g/mol. The molecule has 1 aromatic heterocycles. The molecule has 1 aliphatic rings. The summed E-state index contributed by atoms with van der Waals surface area (Å²) in [5.41, 5.74) is 2.47. The van der Waals surface area contributed by atoms with E-state index in [1.165, 1.54) is 28.8 Å². The Morgan fingerprint density at radius 1 is 1.33 bits per heavy atom. The van der Waals surface area contributed by atoms with Gasteiger partial charge in [-0.1, -0.05) is 17.7 Å². The van der Waals surface area contributed by atoms with Crippen molar-refractivity contribution < 1.29 is 4.74 Å². The second-order valence-corrected chi connectivity index (χ2v) is 6.94. The van der Waals surface area contributed by atoms with E-state index in [2.05, 4.69) is 42.3 Å². The lowest BCUT2D eigenvalue weighted by molar-refractivity contribution is 0.319. The largest absolute Gasteiger partial charge is 0.493 e. The predicted octanol–water partition coefficient (Wildman–Crippen LogP) is 3.63. The highest BCUT2D eigenvalue weighted by molar-refractivity contribution is 7.11. The first-order valence-corrected chi connectivity index (χ1v) is 8.39. The molecular weight excluding hydrogens is 280 g/mol. The molecule has 0 bridgehead atoms. The van der Waals surface area contributed by atoms with Crippen LogP contribution in [0, 0.1) is 13.8 Å². The van der Waals surface area contributed by atoms with Gasteiger partial charge in [0.25, 0.3) is 0 Å². The summed E-state index contributed by atoms with van der Waals surface area (Å²) >= 11 is 1.79. The van der Waals surface area contributed by atoms with E-state index in [0.717, 1.165) is 29.8 Å². The summed E-state index contributed by atoms with van der Waals surface area (Å²) < 4.78 is 5.86. The zero-order valence-electron chi connectivity index (χ0n) is 12.7. The van der Waals surface area contributed by atoms with Crippen molar-refractivity contribution in [2.75, 3.05) is 6.61 Å². The Morgan fingerprint density at radius 2 is 2.19 bits per heavy atom. The number of benzene rings is 1. The molecule has 0 aliphatic heterocycles. The molecule has 1 saturated carbocycles. The second-order valence-electron chi connectivity index (χ2n) is 5.74. The Labute approximate surface area is 130 Å². The van der Waals surface area contributed by atoms with Crippen molar-refractivity contribution in [3.05, 3.63) is 45.4 Å². The summed E-state index contributed by atoms with van der Waals surface area (Å²) in [4.78, 5) is 5.80. The Bertz CT molecular complexity index is 605. The van der Waals surface area contributed by atoms with Crippen LogP contribution in [0.1, 0.15) is 33.9 Å². The molecule has 1 aromatic carbocycles. The molecule has 1 aliphatic carbocycles. The molecule has 3 nitrogen and oxygen atoms in total. The van der Waals surface area contributed by atoms with Crippen LogP contribution in [-0.4, -0.2) is 17.6 Å². The van der Waals surface area contributed by atoms with Gasteiger partial charge in [-0.25, -0.2) is 4.98 Å². The Balaban J connectivity index is 1.46. The molecule has 0 unspecified atom stereocenters. The number of hydrogen-bond donors (Lipinski definition) is 1. The number of aromatic nitrogens is 1. The molecule has 112 valence electrons. The molecule has 0 spiro atoms. The molecule has 21 heavy (non-hydrogen) atoms. The highest BCUT2D eigenvalue weighted by Crippen LogP contribution is 2.22. The lowest BCUT2D eigenvalue weighted by atomic mass is 10.1. The van der Waals surface area contributed by atoms with Crippen molar-refractivity contribution in [1.82, 2.24) is 10.3 Å². The zero-order valence-corrected chi connectivity index (χ0v) is 13.5. The van der Waals surface area contributed by atoms with Gasteiger partial charge in [0.2, 0.25) is 0 Å². The maximum Gasteiger partial charge on any atom is 0.122 e. The summed E-state index contributed by atoms with van der Waals surface area (Å²) in [6, 6.07) is 7.05. The van der Waals surface area contributed by atoms with Gasteiger partial charge in [0, 0.05) is 30.1 Å². The van der Waals surface area contributed by atoms with Crippen LogP contribution < -0.4 is 10.1 Å². The maximum atomic E-state index is 5.86. The van der Waals surface area contributed by atoms with Crippen LogP contribution in [0.25, 0.3) is 0 Å². The van der Waals surface area contributed by atoms with Crippen molar-refractivity contribution in [3.63, 3.8) is 0 Å². The second kappa shape index (κ2) is 6.58. The van der Waals surface area contributed by atoms with Crippen molar-refractivity contribution in [2.45, 2.75) is 45.7 Å². The lowest BCUT2D eigenvalue weighted by Crippen LogP contribution is -2.14. The average Bonchev–Trinajstić information content (AvgIpc) is 3.18. The van der Waals surface area contributed by atoms with Crippen LogP contribution >= 0.6 is 11.3 Å². The molecule has 0 atom stereocenters. The summed E-state index contributed by atoms with van der Waals surface area (Å²) in [6.07, 6.45) is 5.53. The SMILES string of the molecule is Cc1ccc(OCCc2ncc(CNC3CC3)s2)c(C)c1. The predicted molar refractivity (Wildman–Crippen MR) is 87.1 cm³/mol. The molecule has 4 heteroatoms. The van der Waals surface area contributed by atoms with Crippen LogP contribution in [-0.2, 0) is 13.0 Å². The van der Waals surface area contributed by atoms with Gasteiger partial charge in [-0.15, -0.1) is 11.3 Å². The van der Waals surface area contributed by atoms with Crippen molar-refractivity contribution >= 4 is 11.3 Å². The van der Waals surface area contributed by atoms with Gasteiger partial charge < -0.3 is 10.1 Å². The van der Waals surface area contributed by atoms with Gasteiger partial charge >= 0.3 is 0 Å². The fraction of sp³-hybridized carbons (Fsp3) is 0.471. The van der Waals surface area contributed by atoms with Crippen LogP contribution in [0.4, 0.5) is 0 Å². The summed E-state index contributed by atoms with van der Waals surface area (Å²) in [5.74, 6) is 0.979. The topological polar surface area (TPSA) is 34.1 Å². The van der Waals surface area contributed by atoms with E-state index in [1.54, 1.807) is 11.3 Å². The number of hydrogen-bond acceptors (Lipinski definition) is 4. The first-order valence-electron chi connectivity index (χ1n) is 7.58. The molecule has 0 radical (unpaired) electrons. The Morgan fingerprint density at radius 3 is 2.95 bits per heavy atom. The lowest BCUT2D eigenvalue weighted by Gasteiger charge is -2.08. The van der Waals surface area contributed by atoms with Gasteiger partial charge in [0.15, 0.2) is 0 Å². The summed E-state index contributed by atoms with van der Waals surface area (Å²) in [5, 5.41) is 4.68. The molecule has 1 heterocycles. The van der Waals surface area contributed by atoms with E-state index < -0.39 is 0 Å². The zero-order chi connectivity index (χ0) is 14.7. The molecule has 1 fully saturated rings. The van der Waals surface area contributed by atoms with E-state index in [-0.39, 0.29) is 0 Å². The van der Waals surface area contributed by atoms with E-state index >= 15 is 0 Å². The van der Waals surface area contributed by atoms with E-state index in [4.69, 9.17) is 4.74 Å². The van der Waals surface area contributed by atoms with Gasteiger partial charge in [0.05, 0.1) is 11.6 Å². The molecular formula is C17H22N2OS. The van der Waals surface area contributed by atoms with Crippen LogP contribution in [0.3, 0.4) is 0 Å². The van der Waals surface area contributed by atoms with Gasteiger partial charge in [-0.3, -0.25) is 0 Å². The van der Waals surface area contributed by atoms with E-state index in [1.807, 2.05) is 6.20 Å². The van der Waals surface area contributed by atoms with Crippen LogP contribution in [0.15, 0.2) is 24.4 Å². The van der Waals surface area contributed by atoms with Crippen LogP contribution in [0.2, 0.25) is 0 Å². The van der Waals surface area contributed by atoms with Crippen molar-refractivity contribution in [3.8, 4) is 5.75 Å². The van der Waals surface area contributed by atoms with Gasteiger partial charge in [-0.05, 0) is 38.3 Å². The molecule has 0 saturated heterocycles. The Kier molecular flexibility index (Phi) is 4.56. The smallest absolute Gasteiger partial charge is 0.122 e. The third kappa shape index (κ3) is 4.29. The highest BCUT2D eigenvalue weighted by atomic mass is 32.1. The first-order chi connectivity index (χ1) is 10.2. The van der Waals surface area contributed by atoms with Crippen molar-refractivity contribution in [1.29, 1.82) is 0 Å². The third-order valence-corrected chi connectivity index (χ3v) is 4.70. The minimum atomic E-state index is 0.687. The minimum Gasteiger partial charge on any atom is -0.493 e. The number of rotatable bonds is 7. The molecule has 2 aromatic rings.